The smallest absolute Gasteiger partial charge is 0.326 e. The summed E-state index contributed by atoms with van der Waals surface area (Å²) in [5.74, 6) is 0.875. The Morgan fingerprint density at radius 2 is 2.10 bits per heavy atom. The van der Waals surface area contributed by atoms with Gasteiger partial charge in [-0.3, -0.25) is 9.69 Å². The molecule has 2 saturated carbocycles. The third-order valence-corrected chi connectivity index (χ3v) is 6.16. The van der Waals surface area contributed by atoms with E-state index in [1.165, 1.54) is 38.6 Å². The van der Waals surface area contributed by atoms with Crippen LogP contribution in [0.3, 0.4) is 0 Å². The van der Waals surface area contributed by atoms with Crippen LogP contribution in [-0.2, 0) is 9.53 Å². The van der Waals surface area contributed by atoms with Crippen LogP contribution < -0.4 is 5.32 Å². The fourth-order valence-corrected chi connectivity index (χ4v) is 4.98. The van der Waals surface area contributed by atoms with Crippen molar-refractivity contribution in [1.29, 1.82) is 0 Å². The van der Waals surface area contributed by atoms with E-state index in [2.05, 4.69) is 10.2 Å². The maximum absolute atomic E-state index is 12.3. The number of rotatable bonds is 4. The third-order valence-electron chi connectivity index (χ3n) is 6.16. The van der Waals surface area contributed by atoms with E-state index in [-0.39, 0.29) is 5.97 Å². The Morgan fingerprint density at radius 1 is 1.29 bits per heavy atom. The van der Waals surface area contributed by atoms with Crippen LogP contribution in [0.15, 0.2) is 0 Å². The first-order chi connectivity index (χ1) is 10.2. The Balaban J connectivity index is 1.67. The maximum Gasteiger partial charge on any atom is 0.326 e. The maximum atomic E-state index is 12.3. The molecule has 0 aromatic carbocycles. The van der Waals surface area contributed by atoms with E-state index in [1.807, 2.05) is 14.0 Å². The standard InChI is InChI=1S/C17H30N2O2/c1-3-21-16(20)17(18-2)10-8-14(12-17)19-11-9-13-6-4-5-7-15(13)19/h13-15,18H,3-12H2,1-2H3. The second-order valence-corrected chi connectivity index (χ2v) is 7.09. The van der Waals surface area contributed by atoms with Gasteiger partial charge >= 0.3 is 5.97 Å². The molecule has 1 N–H and O–H groups in total. The molecular weight excluding hydrogens is 264 g/mol. The highest BCUT2D eigenvalue weighted by Crippen LogP contribution is 2.42. The lowest BCUT2D eigenvalue weighted by Gasteiger charge is -2.36. The lowest BCUT2D eigenvalue weighted by atomic mass is 9.85. The van der Waals surface area contributed by atoms with Crippen LogP contribution in [0.2, 0.25) is 0 Å². The molecule has 2 aliphatic carbocycles. The molecule has 0 radical (unpaired) electrons. The van der Waals surface area contributed by atoms with Crippen LogP contribution >= 0.6 is 0 Å². The van der Waals surface area contributed by atoms with Crippen molar-refractivity contribution in [3.63, 3.8) is 0 Å². The first kappa shape index (κ1) is 15.3. The van der Waals surface area contributed by atoms with Gasteiger partial charge < -0.3 is 10.1 Å². The lowest BCUT2D eigenvalue weighted by Crippen LogP contribution is -2.51. The average molecular weight is 294 g/mol. The Bertz CT molecular complexity index is 387. The Morgan fingerprint density at radius 3 is 2.86 bits per heavy atom. The highest BCUT2D eigenvalue weighted by atomic mass is 16.5. The molecule has 1 aliphatic heterocycles. The summed E-state index contributed by atoms with van der Waals surface area (Å²) >= 11 is 0. The quantitative estimate of drug-likeness (QED) is 0.808. The van der Waals surface area contributed by atoms with Crippen molar-refractivity contribution in [1.82, 2.24) is 10.2 Å². The Labute approximate surface area is 128 Å². The molecule has 4 nitrogen and oxygen atoms in total. The van der Waals surface area contributed by atoms with Gasteiger partial charge in [-0.05, 0) is 65.0 Å². The average Bonchev–Trinajstić information content (AvgIpc) is 3.12. The van der Waals surface area contributed by atoms with Gasteiger partial charge in [0.2, 0.25) is 0 Å². The number of hydrogen-bond donors (Lipinski definition) is 1. The van der Waals surface area contributed by atoms with Gasteiger partial charge in [-0.2, -0.15) is 0 Å². The number of esters is 1. The van der Waals surface area contributed by atoms with E-state index in [1.54, 1.807) is 0 Å². The van der Waals surface area contributed by atoms with Gasteiger partial charge in [0.1, 0.15) is 5.54 Å². The zero-order chi connectivity index (χ0) is 14.9. The molecule has 0 aromatic heterocycles. The van der Waals surface area contributed by atoms with Gasteiger partial charge in [-0.15, -0.1) is 0 Å². The second-order valence-electron chi connectivity index (χ2n) is 7.09. The van der Waals surface area contributed by atoms with Gasteiger partial charge in [-0.25, -0.2) is 0 Å². The molecule has 4 heteroatoms. The van der Waals surface area contributed by atoms with E-state index in [0.717, 1.165) is 31.2 Å². The molecule has 0 spiro atoms. The molecule has 3 fully saturated rings. The zero-order valence-electron chi connectivity index (χ0n) is 13.6. The number of nitrogens with zero attached hydrogens (tertiary/aromatic N) is 1. The minimum Gasteiger partial charge on any atom is -0.465 e. The fraction of sp³-hybridized carbons (Fsp3) is 0.941. The van der Waals surface area contributed by atoms with Crippen molar-refractivity contribution < 1.29 is 9.53 Å². The summed E-state index contributed by atoms with van der Waals surface area (Å²) in [6, 6.07) is 1.36. The second kappa shape index (κ2) is 6.25. The van der Waals surface area contributed by atoms with Crippen LogP contribution in [0.4, 0.5) is 0 Å². The fourth-order valence-electron chi connectivity index (χ4n) is 4.98. The monoisotopic (exact) mass is 294 g/mol. The van der Waals surface area contributed by atoms with Crippen molar-refractivity contribution in [2.24, 2.45) is 5.92 Å². The summed E-state index contributed by atoms with van der Waals surface area (Å²) in [5.41, 5.74) is -0.437. The van der Waals surface area contributed by atoms with Crippen molar-refractivity contribution in [2.75, 3.05) is 20.2 Å². The van der Waals surface area contributed by atoms with E-state index >= 15 is 0 Å². The van der Waals surface area contributed by atoms with Gasteiger partial charge in [0, 0.05) is 12.1 Å². The summed E-state index contributed by atoms with van der Waals surface area (Å²) in [4.78, 5) is 15.1. The summed E-state index contributed by atoms with van der Waals surface area (Å²) in [7, 11) is 1.91. The molecule has 3 aliphatic rings. The summed E-state index contributed by atoms with van der Waals surface area (Å²) in [5, 5.41) is 3.29. The van der Waals surface area contributed by atoms with Crippen LogP contribution in [0.5, 0.6) is 0 Å². The van der Waals surface area contributed by atoms with Gasteiger partial charge in [0.25, 0.3) is 0 Å². The third kappa shape index (κ3) is 2.72. The first-order valence-corrected chi connectivity index (χ1v) is 8.82. The molecule has 1 saturated heterocycles. The van der Waals surface area contributed by atoms with E-state index in [9.17, 15) is 4.79 Å². The molecule has 0 amide bonds. The van der Waals surface area contributed by atoms with Gasteiger partial charge in [0.15, 0.2) is 0 Å². The van der Waals surface area contributed by atoms with Crippen molar-refractivity contribution in [3.8, 4) is 0 Å². The predicted molar refractivity (Wildman–Crippen MR) is 83.1 cm³/mol. The van der Waals surface area contributed by atoms with Crippen LogP contribution in [-0.4, -0.2) is 48.7 Å². The van der Waals surface area contributed by atoms with Crippen molar-refractivity contribution in [2.45, 2.75) is 75.9 Å². The SMILES string of the molecule is CCOC(=O)C1(NC)CCC(N2CCC3CCCCC32)C1. The van der Waals surface area contributed by atoms with Crippen molar-refractivity contribution in [3.05, 3.63) is 0 Å². The molecule has 4 atom stereocenters. The Kier molecular flexibility index (Phi) is 4.55. The minimum atomic E-state index is -0.437. The number of carbonyl (C=O) groups excluding carboxylic acids is 1. The minimum absolute atomic E-state index is 0.0469. The number of hydrogen-bond acceptors (Lipinski definition) is 4. The van der Waals surface area contributed by atoms with Gasteiger partial charge in [-0.1, -0.05) is 12.8 Å². The summed E-state index contributed by atoms with van der Waals surface area (Å²) in [6.45, 7) is 3.60. The normalized spacial score (nSPS) is 40.2. The van der Waals surface area contributed by atoms with Crippen LogP contribution in [0.1, 0.15) is 58.3 Å². The highest BCUT2D eigenvalue weighted by molar-refractivity contribution is 5.81. The zero-order valence-corrected chi connectivity index (χ0v) is 13.6. The number of likely N-dealkylation sites (N-methyl/N-ethyl adjacent to an activating group) is 1. The van der Waals surface area contributed by atoms with Gasteiger partial charge in [0.05, 0.1) is 6.61 Å². The molecular formula is C17H30N2O2. The first-order valence-electron chi connectivity index (χ1n) is 8.82. The Hall–Kier alpha value is -0.610. The molecule has 0 bridgehead atoms. The number of likely N-dealkylation sites (tertiary alicyclic amines) is 1. The van der Waals surface area contributed by atoms with Crippen LogP contribution in [0, 0.1) is 5.92 Å². The number of nitrogens with one attached hydrogen (secondary N) is 1. The number of carbonyl (C=O) groups is 1. The number of fused-ring (bicyclic) bond motifs is 1. The van der Waals surface area contributed by atoms with Crippen LogP contribution in [0.25, 0.3) is 0 Å². The molecule has 120 valence electrons. The number of ether oxygens (including phenoxy) is 1. The lowest BCUT2D eigenvalue weighted by molar-refractivity contribution is -0.151. The molecule has 4 unspecified atom stereocenters. The summed E-state index contributed by atoms with van der Waals surface area (Å²) < 4.78 is 5.32. The molecule has 1 heterocycles. The molecule has 21 heavy (non-hydrogen) atoms. The predicted octanol–water partition coefficient (Wildman–Crippen LogP) is 2.32. The van der Waals surface area contributed by atoms with E-state index in [0.29, 0.717) is 12.6 Å². The van der Waals surface area contributed by atoms with E-state index in [4.69, 9.17) is 4.74 Å². The molecule has 3 rings (SSSR count). The topological polar surface area (TPSA) is 41.6 Å². The summed E-state index contributed by atoms with van der Waals surface area (Å²) in [6.07, 6.45) is 9.93. The largest absolute Gasteiger partial charge is 0.465 e. The van der Waals surface area contributed by atoms with E-state index < -0.39 is 5.54 Å². The molecule has 0 aromatic rings. The highest BCUT2D eigenvalue weighted by Gasteiger charge is 2.49. The van der Waals surface area contributed by atoms with Crippen molar-refractivity contribution >= 4 is 5.97 Å².